The molecule has 0 saturated heterocycles. The molecule has 3 amide bonds. The number of hydrogen-bond acceptors (Lipinski definition) is 4. The summed E-state index contributed by atoms with van der Waals surface area (Å²) in [5.74, 6) is 0.0474. The summed E-state index contributed by atoms with van der Waals surface area (Å²) in [6.07, 6.45) is 4.40. The Labute approximate surface area is 161 Å². The molecule has 2 N–H and O–H groups in total. The molecule has 7 heteroatoms. The maximum Gasteiger partial charge on any atom is 0.315 e. The maximum absolute atomic E-state index is 12.4. The van der Waals surface area contributed by atoms with Gasteiger partial charge in [0.1, 0.15) is 0 Å². The van der Waals surface area contributed by atoms with E-state index in [0.29, 0.717) is 13.1 Å². The topological polar surface area (TPSA) is 61.4 Å². The van der Waals surface area contributed by atoms with Crippen molar-refractivity contribution in [2.24, 2.45) is 0 Å². The molecule has 0 unspecified atom stereocenters. The van der Waals surface area contributed by atoms with Crippen LogP contribution in [0.5, 0.6) is 0 Å². The van der Waals surface area contributed by atoms with E-state index in [4.69, 9.17) is 0 Å². The van der Waals surface area contributed by atoms with Gasteiger partial charge in [-0.2, -0.15) is 0 Å². The molecule has 2 aromatic rings. The molecule has 5 nitrogen and oxygen atoms in total. The van der Waals surface area contributed by atoms with E-state index in [0.717, 1.165) is 22.7 Å². The van der Waals surface area contributed by atoms with Gasteiger partial charge in [0.25, 0.3) is 0 Å². The highest BCUT2D eigenvalue weighted by Crippen LogP contribution is 2.28. The number of carbonyl (C=O) groups is 2. The highest BCUT2D eigenvalue weighted by molar-refractivity contribution is 7.12. The van der Waals surface area contributed by atoms with Crippen molar-refractivity contribution in [3.05, 3.63) is 49.9 Å². The molecule has 0 aliphatic carbocycles. The molecular weight excluding hydrogens is 366 g/mol. The van der Waals surface area contributed by atoms with Crippen LogP contribution in [0.2, 0.25) is 0 Å². The van der Waals surface area contributed by atoms with E-state index in [-0.39, 0.29) is 18.0 Å². The molecular formula is C19H23N3O2S2. The van der Waals surface area contributed by atoms with Crippen molar-refractivity contribution in [3.8, 4) is 0 Å². The van der Waals surface area contributed by atoms with E-state index in [2.05, 4.69) is 16.7 Å². The lowest BCUT2D eigenvalue weighted by atomic mass is 10.1. The van der Waals surface area contributed by atoms with Crippen molar-refractivity contribution in [1.82, 2.24) is 15.5 Å². The summed E-state index contributed by atoms with van der Waals surface area (Å²) in [4.78, 5) is 29.5. The molecule has 1 aliphatic rings. The van der Waals surface area contributed by atoms with Crippen LogP contribution in [0.1, 0.15) is 34.0 Å². The van der Waals surface area contributed by atoms with Crippen molar-refractivity contribution < 1.29 is 9.59 Å². The van der Waals surface area contributed by atoms with Crippen LogP contribution in [0.25, 0.3) is 6.08 Å². The number of nitrogens with zero attached hydrogens (tertiary/aromatic N) is 1. The average molecular weight is 390 g/mol. The summed E-state index contributed by atoms with van der Waals surface area (Å²) in [6, 6.07) is 6.05. The van der Waals surface area contributed by atoms with Gasteiger partial charge in [-0.05, 0) is 49.4 Å². The van der Waals surface area contributed by atoms with E-state index in [9.17, 15) is 9.59 Å². The minimum atomic E-state index is -0.151. The van der Waals surface area contributed by atoms with E-state index >= 15 is 0 Å². The molecule has 0 aromatic carbocycles. The van der Waals surface area contributed by atoms with Gasteiger partial charge in [-0.25, -0.2) is 4.79 Å². The van der Waals surface area contributed by atoms with Crippen molar-refractivity contribution in [1.29, 1.82) is 0 Å². The second-order valence-electron chi connectivity index (χ2n) is 6.50. The van der Waals surface area contributed by atoms with Crippen LogP contribution in [0.3, 0.4) is 0 Å². The Morgan fingerprint density at radius 2 is 2.23 bits per heavy atom. The summed E-state index contributed by atoms with van der Waals surface area (Å²) in [6.45, 7) is 5.76. The van der Waals surface area contributed by atoms with Gasteiger partial charge in [0.05, 0.1) is 6.54 Å². The Bertz CT molecular complexity index is 794. The third-order valence-electron chi connectivity index (χ3n) is 4.01. The quantitative estimate of drug-likeness (QED) is 0.768. The van der Waals surface area contributed by atoms with Crippen molar-refractivity contribution in [3.63, 3.8) is 0 Å². The van der Waals surface area contributed by atoms with Gasteiger partial charge in [0, 0.05) is 39.8 Å². The van der Waals surface area contributed by atoms with Gasteiger partial charge < -0.3 is 15.5 Å². The van der Waals surface area contributed by atoms with Crippen LogP contribution < -0.4 is 10.6 Å². The number of urea groups is 1. The number of nitrogens with one attached hydrogen (secondary N) is 2. The molecule has 3 heterocycles. The summed E-state index contributed by atoms with van der Waals surface area (Å²) in [7, 11) is 0. The first-order valence-corrected chi connectivity index (χ1v) is 10.4. The highest BCUT2D eigenvalue weighted by Gasteiger charge is 2.21. The van der Waals surface area contributed by atoms with Gasteiger partial charge in [-0.1, -0.05) is 6.07 Å². The Morgan fingerprint density at radius 3 is 2.96 bits per heavy atom. The summed E-state index contributed by atoms with van der Waals surface area (Å²) in [5, 5.41) is 7.70. The number of carbonyl (C=O) groups excluding carboxylic acids is 2. The largest absolute Gasteiger partial charge is 0.336 e. The van der Waals surface area contributed by atoms with E-state index in [1.165, 1.54) is 10.4 Å². The number of rotatable bonds is 5. The molecule has 0 bridgehead atoms. The van der Waals surface area contributed by atoms with Gasteiger partial charge in [0.15, 0.2) is 0 Å². The van der Waals surface area contributed by atoms with Gasteiger partial charge in [-0.3, -0.25) is 4.79 Å². The first-order chi connectivity index (χ1) is 12.5. The average Bonchev–Trinajstić information content (AvgIpc) is 3.25. The lowest BCUT2D eigenvalue weighted by Crippen LogP contribution is -2.38. The first-order valence-electron chi connectivity index (χ1n) is 8.66. The van der Waals surface area contributed by atoms with Crippen LogP contribution >= 0.6 is 22.7 Å². The number of hydrogen-bond donors (Lipinski definition) is 2. The number of thiophene rings is 2. The lowest BCUT2D eigenvalue weighted by Gasteiger charge is -2.25. The Balaban J connectivity index is 1.56. The Morgan fingerprint density at radius 1 is 1.38 bits per heavy atom. The predicted molar refractivity (Wildman–Crippen MR) is 107 cm³/mol. The fourth-order valence-corrected chi connectivity index (χ4v) is 4.52. The third kappa shape index (κ3) is 4.95. The standard InChI is InChI=1S/C19H23N3O2S2/c1-13(2)21-19(24)20-11-16-10-14-12-22(8-7-17(14)26-16)18(23)6-5-15-4-3-9-25-15/h3-6,9-10,13H,7-8,11-12H2,1-2H3,(H2,20,21,24)/b6-5+. The number of fused-ring (bicyclic) bond motifs is 1. The van der Waals surface area contributed by atoms with Gasteiger partial charge in [-0.15, -0.1) is 22.7 Å². The van der Waals surface area contributed by atoms with Gasteiger partial charge in [0.2, 0.25) is 5.91 Å². The monoisotopic (exact) mass is 389 g/mol. The van der Waals surface area contributed by atoms with Crippen LogP contribution in [-0.4, -0.2) is 29.4 Å². The molecule has 0 radical (unpaired) electrons. The third-order valence-corrected chi connectivity index (χ3v) is 6.08. The highest BCUT2D eigenvalue weighted by atomic mass is 32.1. The first kappa shape index (κ1) is 18.7. The van der Waals surface area contributed by atoms with Crippen LogP contribution in [0.15, 0.2) is 29.7 Å². The fourth-order valence-electron chi connectivity index (χ4n) is 2.80. The molecule has 0 spiro atoms. The van der Waals surface area contributed by atoms with Crippen molar-refractivity contribution >= 4 is 40.7 Å². The van der Waals surface area contributed by atoms with Crippen LogP contribution in [0, 0.1) is 0 Å². The predicted octanol–water partition coefficient (Wildman–Crippen LogP) is 3.62. The number of amides is 3. The van der Waals surface area contributed by atoms with E-state index < -0.39 is 0 Å². The second kappa shape index (κ2) is 8.51. The van der Waals surface area contributed by atoms with Crippen LogP contribution in [-0.2, 0) is 24.3 Å². The zero-order valence-electron chi connectivity index (χ0n) is 15.0. The van der Waals surface area contributed by atoms with E-state index in [1.807, 2.05) is 42.3 Å². The molecule has 26 heavy (non-hydrogen) atoms. The Hall–Kier alpha value is -2.12. The van der Waals surface area contributed by atoms with Gasteiger partial charge >= 0.3 is 6.03 Å². The minimum absolute atomic E-state index is 0.0474. The maximum atomic E-state index is 12.4. The SMILES string of the molecule is CC(C)NC(=O)NCc1cc2c(s1)CCN(C(=O)/C=C/c1cccs1)C2. The zero-order valence-corrected chi connectivity index (χ0v) is 16.6. The zero-order chi connectivity index (χ0) is 18.5. The smallest absolute Gasteiger partial charge is 0.315 e. The molecule has 2 aromatic heterocycles. The molecule has 138 valence electrons. The lowest BCUT2D eigenvalue weighted by molar-refractivity contribution is -0.126. The molecule has 1 aliphatic heterocycles. The second-order valence-corrected chi connectivity index (χ2v) is 8.70. The normalized spacial score (nSPS) is 13.9. The molecule has 0 saturated carbocycles. The van der Waals surface area contributed by atoms with Crippen molar-refractivity contribution in [2.75, 3.05) is 6.54 Å². The molecule has 0 fully saturated rings. The molecule has 0 atom stereocenters. The fraction of sp³-hybridized carbons (Fsp3) is 0.368. The summed E-state index contributed by atoms with van der Waals surface area (Å²) in [5.41, 5.74) is 1.19. The summed E-state index contributed by atoms with van der Waals surface area (Å²) >= 11 is 3.34. The Kier molecular flexibility index (Phi) is 6.11. The van der Waals surface area contributed by atoms with Crippen molar-refractivity contribution in [2.45, 2.75) is 39.4 Å². The van der Waals surface area contributed by atoms with E-state index in [1.54, 1.807) is 28.7 Å². The minimum Gasteiger partial charge on any atom is -0.336 e. The van der Waals surface area contributed by atoms with Crippen LogP contribution in [0.4, 0.5) is 4.79 Å². The summed E-state index contributed by atoms with van der Waals surface area (Å²) < 4.78 is 0. The molecule has 3 rings (SSSR count).